The molecular formula is C12H23N3OS. The normalized spacial score (nSPS) is 14.8. The number of rotatable bonds is 8. The molecule has 0 radical (unpaired) electrons. The molecule has 0 aromatic carbocycles. The molecule has 1 aromatic heterocycles. The van der Waals surface area contributed by atoms with E-state index in [-0.39, 0.29) is 11.9 Å². The number of nitrogens with one attached hydrogen (secondary N) is 1. The van der Waals surface area contributed by atoms with Gasteiger partial charge in [0.15, 0.2) is 0 Å². The van der Waals surface area contributed by atoms with Crippen LogP contribution in [0.1, 0.15) is 26.0 Å². The molecule has 17 heavy (non-hydrogen) atoms. The number of aliphatic hydroxyl groups is 1. The second-order valence-corrected chi connectivity index (χ2v) is 5.28. The number of nitrogens with zero attached hydrogens (tertiary/aromatic N) is 2. The molecule has 0 saturated heterocycles. The van der Waals surface area contributed by atoms with Gasteiger partial charge in [0.05, 0.1) is 18.6 Å². The second-order valence-electron chi connectivity index (χ2n) is 4.20. The summed E-state index contributed by atoms with van der Waals surface area (Å²) in [7, 11) is 0. The van der Waals surface area contributed by atoms with Gasteiger partial charge in [-0.25, -0.2) is 4.98 Å². The van der Waals surface area contributed by atoms with E-state index in [1.54, 1.807) is 11.8 Å². The quantitative estimate of drug-likeness (QED) is 0.741. The van der Waals surface area contributed by atoms with Crippen LogP contribution in [0.3, 0.4) is 0 Å². The lowest BCUT2D eigenvalue weighted by atomic mass is 10.2. The topological polar surface area (TPSA) is 50.1 Å². The smallest absolute Gasteiger partial charge is 0.0948 e. The third-order valence-corrected chi connectivity index (χ3v) is 4.07. The van der Waals surface area contributed by atoms with Crippen LogP contribution < -0.4 is 5.32 Å². The van der Waals surface area contributed by atoms with E-state index in [0.29, 0.717) is 6.04 Å². The summed E-state index contributed by atoms with van der Waals surface area (Å²) in [6, 6.07) is 0.292. The first kappa shape index (κ1) is 14.5. The van der Waals surface area contributed by atoms with E-state index in [1.165, 1.54) is 5.69 Å². The van der Waals surface area contributed by atoms with Crippen LogP contribution in [0.4, 0.5) is 0 Å². The summed E-state index contributed by atoms with van der Waals surface area (Å²) >= 11 is 1.69. The third-order valence-electron chi connectivity index (χ3n) is 2.91. The van der Waals surface area contributed by atoms with Gasteiger partial charge in [0.25, 0.3) is 0 Å². The van der Waals surface area contributed by atoms with Crippen molar-refractivity contribution in [2.45, 2.75) is 44.6 Å². The summed E-state index contributed by atoms with van der Waals surface area (Å²) in [5.41, 5.74) is 1.21. The molecule has 2 atom stereocenters. The van der Waals surface area contributed by atoms with Crippen LogP contribution in [-0.2, 0) is 13.1 Å². The van der Waals surface area contributed by atoms with Crippen LogP contribution in [0, 0.1) is 0 Å². The van der Waals surface area contributed by atoms with Gasteiger partial charge in [0, 0.05) is 30.6 Å². The Labute approximate surface area is 108 Å². The summed E-state index contributed by atoms with van der Waals surface area (Å²) < 4.78 is 2.17. The lowest BCUT2D eigenvalue weighted by Gasteiger charge is -2.21. The van der Waals surface area contributed by atoms with Gasteiger partial charge in [-0.2, -0.15) is 11.8 Å². The van der Waals surface area contributed by atoms with Crippen molar-refractivity contribution in [1.82, 2.24) is 14.9 Å². The Balaban J connectivity index is 2.46. The van der Waals surface area contributed by atoms with E-state index in [1.807, 2.05) is 18.8 Å². The molecule has 0 amide bonds. The molecule has 98 valence electrons. The average Bonchev–Trinajstić information content (AvgIpc) is 2.76. The molecule has 0 bridgehead atoms. The Morgan fingerprint density at radius 2 is 2.35 bits per heavy atom. The van der Waals surface area contributed by atoms with Gasteiger partial charge in [-0.15, -0.1) is 0 Å². The zero-order valence-corrected chi connectivity index (χ0v) is 11.7. The molecule has 2 unspecified atom stereocenters. The number of thioether (sulfide) groups is 1. The molecule has 2 N–H and O–H groups in total. The molecule has 0 aliphatic rings. The maximum atomic E-state index is 9.21. The first-order chi connectivity index (χ1) is 8.22. The lowest BCUT2D eigenvalue weighted by molar-refractivity contribution is 0.275. The minimum absolute atomic E-state index is 0.212. The molecule has 1 heterocycles. The summed E-state index contributed by atoms with van der Waals surface area (Å²) in [5.74, 6) is 0. The Morgan fingerprint density at radius 3 is 2.94 bits per heavy atom. The monoisotopic (exact) mass is 257 g/mol. The van der Waals surface area contributed by atoms with Crippen molar-refractivity contribution < 1.29 is 5.11 Å². The summed E-state index contributed by atoms with van der Waals surface area (Å²) in [4.78, 5) is 4.17. The molecule has 0 spiro atoms. The Bertz CT molecular complexity index is 312. The molecule has 0 fully saturated rings. The van der Waals surface area contributed by atoms with Crippen LogP contribution in [0.25, 0.3) is 0 Å². The van der Waals surface area contributed by atoms with Crippen molar-refractivity contribution in [3.63, 3.8) is 0 Å². The highest BCUT2D eigenvalue weighted by atomic mass is 32.2. The van der Waals surface area contributed by atoms with Crippen LogP contribution >= 0.6 is 11.8 Å². The minimum Gasteiger partial charge on any atom is -0.395 e. The number of hydrogen-bond donors (Lipinski definition) is 2. The van der Waals surface area contributed by atoms with E-state index >= 15 is 0 Å². The summed E-state index contributed by atoms with van der Waals surface area (Å²) in [6.45, 7) is 6.30. The van der Waals surface area contributed by atoms with Gasteiger partial charge >= 0.3 is 0 Å². The summed E-state index contributed by atoms with van der Waals surface area (Å²) in [5, 5.41) is 12.9. The maximum Gasteiger partial charge on any atom is 0.0948 e. The van der Waals surface area contributed by atoms with Crippen molar-refractivity contribution in [2.24, 2.45) is 0 Å². The molecule has 1 rings (SSSR count). The van der Waals surface area contributed by atoms with Gasteiger partial charge in [0.2, 0.25) is 0 Å². The van der Waals surface area contributed by atoms with Crippen molar-refractivity contribution in [1.29, 1.82) is 0 Å². The number of aliphatic hydroxyl groups excluding tert-OH is 1. The third kappa shape index (κ3) is 4.33. The van der Waals surface area contributed by atoms with Gasteiger partial charge in [0.1, 0.15) is 0 Å². The Hall–Kier alpha value is -0.520. The fourth-order valence-corrected chi connectivity index (χ4v) is 2.42. The SMILES string of the molecule is CCCn1cncc1CNC(C)C(CO)SC. The zero-order chi connectivity index (χ0) is 12.7. The molecule has 0 aliphatic carbocycles. The molecule has 0 aliphatic heterocycles. The predicted octanol–water partition coefficient (Wildman–Crippen LogP) is 1.50. The molecule has 0 saturated carbocycles. The summed E-state index contributed by atoms with van der Waals surface area (Å²) in [6.07, 6.45) is 6.93. The van der Waals surface area contributed by atoms with Crippen LogP contribution in [0.2, 0.25) is 0 Å². The number of hydrogen-bond acceptors (Lipinski definition) is 4. The average molecular weight is 257 g/mol. The predicted molar refractivity (Wildman–Crippen MR) is 73.2 cm³/mol. The number of aromatic nitrogens is 2. The number of imidazole rings is 1. The van der Waals surface area contributed by atoms with E-state index in [0.717, 1.165) is 19.5 Å². The molecular weight excluding hydrogens is 234 g/mol. The minimum atomic E-state index is 0.212. The highest BCUT2D eigenvalue weighted by Crippen LogP contribution is 2.11. The fraction of sp³-hybridized carbons (Fsp3) is 0.750. The van der Waals surface area contributed by atoms with Crippen LogP contribution in [-0.4, -0.2) is 38.8 Å². The Kier molecular flexibility index (Phi) is 6.62. The first-order valence-corrected chi connectivity index (χ1v) is 7.37. The highest BCUT2D eigenvalue weighted by molar-refractivity contribution is 7.99. The van der Waals surface area contributed by atoms with E-state index in [2.05, 4.69) is 28.7 Å². The lowest BCUT2D eigenvalue weighted by Crippen LogP contribution is -2.37. The van der Waals surface area contributed by atoms with Crippen LogP contribution in [0.5, 0.6) is 0 Å². The highest BCUT2D eigenvalue weighted by Gasteiger charge is 2.14. The second kappa shape index (κ2) is 7.74. The van der Waals surface area contributed by atoms with Gasteiger partial charge in [-0.3, -0.25) is 0 Å². The molecule has 5 heteroatoms. The van der Waals surface area contributed by atoms with Gasteiger partial charge in [-0.1, -0.05) is 6.92 Å². The van der Waals surface area contributed by atoms with Gasteiger partial charge in [-0.05, 0) is 19.6 Å². The van der Waals surface area contributed by atoms with E-state index in [4.69, 9.17) is 0 Å². The molecule has 4 nitrogen and oxygen atoms in total. The Morgan fingerprint density at radius 1 is 1.59 bits per heavy atom. The zero-order valence-electron chi connectivity index (χ0n) is 10.9. The maximum absolute atomic E-state index is 9.21. The standard InChI is InChI=1S/C12H23N3OS/c1-4-5-15-9-13-6-11(15)7-14-10(2)12(8-16)17-3/h6,9-10,12,14,16H,4-5,7-8H2,1-3H3. The van der Waals surface area contributed by atoms with E-state index < -0.39 is 0 Å². The van der Waals surface area contributed by atoms with E-state index in [9.17, 15) is 5.11 Å². The van der Waals surface area contributed by atoms with Crippen molar-refractivity contribution in [3.8, 4) is 0 Å². The largest absolute Gasteiger partial charge is 0.395 e. The van der Waals surface area contributed by atoms with Crippen LogP contribution in [0.15, 0.2) is 12.5 Å². The number of aryl methyl sites for hydroxylation is 1. The van der Waals surface area contributed by atoms with Gasteiger partial charge < -0.3 is 15.0 Å². The van der Waals surface area contributed by atoms with Crippen molar-refractivity contribution >= 4 is 11.8 Å². The van der Waals surface area contributed by atoms with Crippen molar-refractivity contribution in [2.75, 3.05) is 12.9 Å². The van der Waals surface area contributed by atoms with Crippen molar-refractivity contribution in [3.05, 3.63) is 18.2 Å². The molecule has 1 aromatic rings. The fourth-order valence-electron chi connectivity index (χ4n) is 1.77. The first-order valence-electron chi connectivity index (χ1n) is 6.09.